The zero-order valence-corrected chi connectivity index (χ0v) is 8.77. The number of ketones is 1. The number of Topliss-reactive ketones (excluding diaryl/α,β-unsaturated/α-hetero) is 1. The number of carbonyl (C=O) groups excluding carboxylic acids is 1. The van der Waals surface area contributed by atoms with Crippen LogP contribution in [0.2, 0.25) is 0 Å². The lowest BCUT2D eigenvalue weighted by Gasteiger charge is -2.46. The first-order valence-electron chi connectivity index (χ1n) is 4.20. The molecular weight excluding hydrogens is 172 g/mol. The van der Waals surface area contributed by atoms with Gasteiger partial charge in [-0.2, -0.15) is 0 Å². The topological polar surface area (TPSA) is 17.1 Å². The molecule has 2 atom stereocenters. The summed E-state index contributed by atoms with van der Waals surface area (Å²) in [6, 6.07) is 0. The van der Waals surface area contributed by atoms with Crippen LogP contribution in [-0.4, -0.2) is 11.2 Å². The maximum absolute atomic E-state index is 11.3. The van der Waals surface area contributed by atoms with E-state index in [0.717, 1.165) is 0 Å². The van der Waals surface area contributed by atoms with Gasteiger partial charge in [0.25, 0.3) is 0 Å². The van der Waals surface area contributed by atoms with E-state index in [2.05, 4.69) is 0 Å². The summed E-state index contributed by atoms with van der Waals surface area (Å²) in [5, 5.41) is -0.293. The van der Waals surface area contributed by atoms with Crippen molar-refractivity contribution in [2.45, 2.75) is 33.1 Å². The van der Waals surface area contributed by atoms with Crippen LogP contribution in [0.1, 0.15) is 27.7 Å². The molecule has 0 bridgehead atoms. The Labute approximate surface area is 78.8 Å². The molecule has 1 nitrogen and oxygen atoms in total. The molecule has 0 aliphatic heterocycles. The maximum Gasteiger partial charge on any atom is 0.158 e. The minimum absolute atomic E-state index is 0.0324. The molecule has 68 valence electrons. The number of hydrogen-bond acceptors (Lipinski definition) is 1. The normalized spacial score (nSPS) is 32.6. The number of rotatable bonds is 1. The molecule has 0 aromatic carbocycles. The first kappa shape index (κ1) is 9.79. The van der Waals surface area contributed by atoms with E-state index in [0.29, 0.717) is 0 Å². The molecule has 1 fully saturated rings. The highest BCUT2D eigenvalue weighted by molar-refractivity contribution is 6.35. The molecule has 2 heteroatoms. The van der Waals surface area contributed by atoms with Gasteiger partial charge in [0.2, 0.25) is 0 Å². The van der Waals surface area contributed by atoms with Crippen LogP contribution in [0.3, 0.4) is 0 Å². The van der Waals surface area contributed by atoms with E-state index in [1.165, 1.54) is 5.57 Å². The molecule has 0 heterocycles. The zero-order chi connectivity index (χ0) is 9.52. The third kappa shape index (κ3) is 1.31. The maximum atomic E-state index is 11.3. The number of carbonyl (C=O) groups is 1. The molecule has 0 saturated heterocycles. The molecule has 2 unspecified atom stereocenters. The summed E-state index contributed by atoms with van der Waals surface area (Å²) in [5.74, 6) is 0.202. The van der Waals surface area contributed by atoms with E-state index in [-0.39, 0.29) is 22.5 Å². The van der Waals surface area contributed by atoms with Crippen molar-refractivity contribution in [3.05, 3.63) is 11.6 Å². The minimum Gasteiger partial charge on any atom is -0.297 e. The van der Waals surface area contributed by atoms with Gasteiger partial charge in [0, 0.05) is 11.3 Å². The van der Waals surface area contributed by atoms with E-state index in [1.54, 1.807) is 0 Å². The summed E-state index contributed by atoms with van der Waals surface area (Å²) >= 11 is 5.89. The Balaban J connectivity index is 2.82. The summed E-state index contributed by atoms with van der Waals surface area (Å²) in [6.45, 7) is 8.09. The average molecular weight is 187 g/mol. The van der Waals surface area contributed by atoms with Crippen LogP contribution in [0.5, 0.6) is 0 Å². The second kappa shape index (κ2) is 2.88. The van der Waals surface area contributed by atoms with Gasteiger partial charge in [-0.05, 0) is 13.8 Å². The highest BCUT2D eigenvalue weighted by Crippen LogP contribution is 2.47. The van der Waals surface area contributed by atoms with E-state index in [9.17, 15) is 4.79 Å². The Morgan fingerprint density at radius 1 is 1.50 bits per heavy atom. The van der Waals surface area contributed by atoms with Gasteiger partial charge in [-0.1, -0.05) is 25.5 Å². The fraction of sp³-hybridized carbons (Fsp3) is 0.700. The van der Waals surface area contributed by atoms with Gasteiger partial charge in [0.05, 0.1) is 5.38 Å². The molecule has 1 saturated carbocycles. The van der Waals surface area contributed by atoms with Crippen LogP contribution < -0.4 is 0 Å². The largest absolute Gasteiger partial charge is 0.297 e. The van der Waals surface area contributed by atoms with Gasteiger partial charge in [0.1, 0.15) is 0 Å². The highest BCUT2D eigenvalue weighted by Gasteiger charge is 2.53. The van der Waals surface area contributed by atoms with Gasteiger partial charge in [-0.15, -0.1) is 11.6 Å². The van der Waals surface area contributed by atoms with Crippen LogP contribution in [-0.2, 0) is 4.79 Å². The number of alkyl halides is 1. The Hall–Kier alpha value is -0.300. The molecule has 0 aromatic heterocycles. The Kier molecular flexibility index (Phi) is 2.35. The van der Waals surface area contributed by atoms with Crippen LogP contribution >= 0.6 is 11.6 Å². The standard InChI is InChI=1S/C10H15ClO/c1-6(2)5-7-8(12)9(11)10(7,3)4/h5,7,9H,1-4H3. The van der Waals surface area contributed by atoms with Crippen molar-refractivity contribution in [1.82, 2.24) is 0 Å². The fourth-order valence-corrected chi connectivity index (χ4v) is 1.85. The van der Waals surface area contributed by atoms with Crippen molar-refractivity contribution in [3.63, 3.8) is 0 Å². The Morgan fingerprint density at radius 2 is 2.00 bits per heavy atom. The van der Waals surface area contributed by atoms with Gasteiger partial charge in [0.15, 0.2) is 5.78 Å². The van der Waals surface area contributed by atoms with Gasteiger partial charge >= 0.3 is 0 Å². The number of hydrogen-bond donors (Lipinski definition) is 0. The first-order chi connectivity index (χ1) is 5.37. The molecule has 1 rings (SSSR count). The van der Waals surface area contributed by atoms with Crippen molar-refractivity contribution in [1.29, 1.82) is 0 Å². The van der Waals surface area contributed by atoms with Crippen LogP contribution in [0.15, 0.2) is 11.6 Å². The molecule has 0 aromatic rings. The molecule has 1 aliphatic rings. The summed E-state index contributed by atoms with van der Waals surface area (Å²) in [5.41, 5.74) is 1.13. The molecular formula is C10H15ClO. The van der Waals surface area contributed by atoms with Gasteiger partial charge in [-0.3, -0.25) is 4.79 Å². The average Bonchev–Trinajstić information content (AvgIpc) is 1.98. The van der Waals surface area contributed by atoms with Crippen molar-refractivity contribution in [2.24, 2.45) is 11.3 Å². The van der Waals surface area contributed by atoms with Crippen LogP contribution in [0.25, 0.3) is 0 Å². The minimum atomic E-state index is -0.293. The van der Waals surface area contributed by atoms with Crippen molar-refractivity contribution >= 4 is 17.4 Å². The van der Waals surface area contributed by atoms with E-state index < -0.39 is 0 Å². The summed E-state index contributed by atoms with van der Waals surface area (Å²) in [7, 11) is 0. The van der Waals surface area contributed by atoms with Crippen molar-refractivity contribution in [2.75, 3.05) is 0 Å². The lowest BCUT2D eigenvalue weighted by molar-refractivity contribution is -0.135. The molecule has 0 spiro atoms. The summed E-state index contributed by atoms with van der Waals surface area (Å²) in [4.78, 5) is 11.3. The zero-order valence-electron chi connectivity index (χ0n) is 8.02. The lowest BCUT2D eigenvalue weighted by Crippen LogP contribution is -2.54. The monoisotopic (exact) mass is 186 g/mol. The molecule has 1 aliphatic carbocycles. The van der Waals surface area contributed by atoms with Gasteiger partial charge in [-0.25, -0.2) is 0 Å². The van der Waals surface area contributed by atoms with E-state index in [4.69, 9.17) is 11.6 Å². The predicted molar refractivity (Wildman–Crippen MR) is 51.4 cm³/mol. The van der Waals surface area contributed by atoms with Crippen molar-refractivity contribution in [3.8, 4) is 0 Å². The fourth-order valence-electron chi connectivity index (χ4n) is 1.58. The summed E-state index contributed by atoms with van der Waals surface area (Å²) in [6.07, 6.45) is 2.02. The SMILES string of the molecule is CC(C)=CC1C(=O)C(Cl)C1(C)C. The molecule has 0 amide bonds. The second-order valence-electron chi connectivity index (χ2n) is 4.31. The molecule has 0 N–H and O–H groups in total. The molecule has 0 radical (unpaired) electrons. The quantitative estimate of drug-likeness (QED) is 0.455. The van der Waals surface area contributed by atoms with Gasteiger partial charge < -0.3 is 0 Å². The van der Waals surface area contributed by atoms with Crippen molar-refractivity contribution < 1.29 is 4.79 Å². The smallest absolute Gasteiger partial charge is 0.158 e. The molecule has 12 heavy (non-hydrogen) atoms. The highest BCUT2D eigenvalue weighted by atomic mass is 35.5. The lowest BCUT2D eigenvalue weighted by atomic mass is 9.60. The van der Waals surface area contributed by atoms with Crippen LogP contribution in [0, 0.1) is 11.3 Å². The number of halogens is 1. The summed E-state index contributed by atoms with van der Waals surface area (Å²) < 4.78 is 0. The van der Waals surface area contributed by atoms with E-state index in [1.807, 2.05) is 33.8 Å². The van der Waals surface area contributed by atoms with Crippen LogP contribution in [0.4, 0.5) is 0 Å². The first-order valence-corrected chi connectivity index (χ1v) is 4.64. The Bertz CT molecular complexity index is 236. The second-order valence-corrected chi connectivity index (χ2v) is 4.74. The van der Waals surface area contributed by atoms with E-state index >= 15 is 0 Å². The third-order valence-corrected chi connectivity index (χ3v) is 3.29. The number of allylic oxidation sites excluding steroid dienone is 2. The Morgan fingerprint density at radius 3 is 2.33 bits per heavy atom. The third-order valence-electron chi connectivity index (χ3n) is 2.51. The predicted octanol–water partition coefficient (Wildman–Crippen LogP) is 2.79.